The van der Waals surface area contributed by atoms with Crippen LogP contribution in [0.1, 0.15) is 6.92 Å². The maximum atomic E-state index is 8.28. The molecule has 0 spiro atoms. The van der Waals surface area contributed by atoms with Crippen molar-refractivity contribution in [3.05, 3.63) is 23.9 Å². The van der Waals surface area contributed by atoms with Gasteiger partial charge in [0, 0.05) is 0 Å². The Morgan fingerprint density at radius 1 is 1.78 bits per heavy atom. The van der Waals surface area contributed by atoms with Gasteiger partial charge in [0.15, 0.2) is 0 Å². The first kappa shape index (κ1) is 7.64. The lowest BCUT2D eigenvalue weighted by Gasteiger charge is -1.84. The summed E-state index contributed by atoms with van der Waals surface area (Å²) >= 11 is 0. The van der Waals surface area contributed by atoms with Crippen molar-refractivity contribution in [3.63, 3.8) is 0 Å². The Balaban J connectivity index is 4.30. The van der Waals surface area contributed by atoms with Gasteiger partial charge in [0.25, 0.3) is 0 Å². The highest BCUT2D eigenvalue weighted by Crippen LogP contribution is 1.97. The third kappa shape index (κ3) is 3.24. The summed E-state index contributed by atoms with van der Waals surface area (Å²) in [6.45, 7) is 8.57. The second kappa shape index (κ2) is 3.62. The highest BCUT2D eigenvalue weighted by Gasteiger charge is 1.85. The second-order valence-electron chi connectivity index (χ2n) is 1.65. The first-order chi connectivity index (χ1) is 4.20. The highest BCUT2D eigenvalue weighted by molar-refractivity contribution is 5.37. The quantitative estimate of drug-likeness (QED) is 0.310. The molecule has 0 fully saturated rings. The van der Waals surface area contributed by atoms with Crippen molar-refractivity contribution in [2.24, 2.45) is 4.99 Å². The molecule has 0 bridgehead atoms. The Morgan fingerprint density at radius 3 is 2.44 bits per heavy atom. The number of nitriles is 1. The summed E-state index contributed by atoms with van der Waals surface area (Å²) < 4.78 is 0. The molecule has 2 nitrogen and oxygen atoms in total. The fourth-order valence-electron chi connectivity index (χ4n) is 0.347. The minimum absolute atomic E-state index is 0.308. The van der Waals surface area contributed by atoms with Crippen LogP contribution in [0.2, 0.25) is 0 Å². The predicted molar refractivity (Wildman–Crippen MR) is 38.1 cm³/mol. The van der Waals surface area contributed by atoms with Gasteiger partial charge in [-0.05, 0) is 19.7 Å². The maximum Gasteiger partial charge on any atom is 0.139 e. The van der Waals surface area contributed by atoms with Gasteiger partial charge in [-0.2, -0.15) is 5.26 Å². The molecule has 0 saturated carbocycles. The van der Waals surface area contributed by atoms with Gasteiger partial charge in [0.2, 0.25) is 0 Å². The van der Waals surface area contributed by atoms with E-state index in [2.05, 4.69) is 18.3 Å². The molecule has 2 heteroatoms. The average Bonchev–Trinajstić information content (AvgIpc) is 1.82. The van der Waals surface area contributed by atoms with Crippen LogP contribution >= 0.6 is 0 Å². The van der Waals surface area contributed by atoms with Crippen LogP contribution in [-0.4, -0.2) is 6.72 Å². The predicted octanol–water partition coefficient (Wildman–Crippen LogP) is 1.67. The number of nitrogens with zero attached hydrogens (tertiary/aromatic N) is 2. The molecule has 0 aromatic rings. The fourth-order valence-corrected chi connectivity index (χ4v) is 0.347. The molecule has 0 unspecified atom stereocenters. The van der Waals surface area contributed by atoms with Crippen molar-refractivity contribution in [3.8, 4) is 6.07 Å². The van der Waals surface area contributed by atoms with E-state index < -0.39 is 0 Å². The van der Waals surface area contributed by atoms with Crippen LogP contribution in [0.5, 0.6) is 0 Å². The Kier molecular flexibility index (Phi) is 3.07. The molecule has 0 N–H and O–H groups in total. The van der Waals surface area contributed by atoms with Crippen molar-refractivity contribution in [1.29, 1.82) is 5.26 Å². The third-order valence-corrected chi connectivity index (χ3v) is 0.668. The van der Waals surface area contributed by atoms with Gasteiger partial charge >= 0.3 is 0 Å². The van der Waals surface area contributed by atoms with E-state index in [0.29, 0.717) is 5.70 Å². The Hall–Kier alpha value is -1.36. The summed E-state index contributed by atoms with van der Waals surface area (Å²) in [4.78, 5) is 3.44. The second-order valence-corrected chi connectivity index (χ2v) is 1.65. The Labute approximate surface area is 54.8 Å². The number of allylic oxidation sites excluding steroid dienone is 3. The average molecular weight is 120 g/mol. The molecule has 0 aliphatic rings. The zero-order valence-corrected chi connectivity index (χ0v) is 5.39. The molecule has 0 aliphatic carbocycles. The maximum absolute atomic E-state index is 8.28. The van der Waals surface area contributed by atoms with E-state index >= 15 is 0 Å². The van der Waals surface area contributed by atoms with E-state index in [-0.39, 0.29) is 0 Å². The molecule has 0 aromatic carbocycles. The molecular weight excluding hydrogens is 112 g/mol. The van der Waals surface area contributed by atoms with Crippen LogP contribution in [0.15, 0.2) is 28.9 Å². The standard InChI is InChI=1S/C7H8N2/c1-6(2)4-7(5-8)9-3/h4H,1,3H2,2H3/b7-4-. The largest absolute Gasteiger partial charge is 0.253 e. The molecule has 9 heavy (non-hydrogen) atoms. The molecule has 0 aromatic heterocycles. The molecule has 0 heterocycles. The topological polar surface area (TPSA) is 36.1 Å². The molecule has 0 atom stereocenters. The lowest BCUT2D eigenvalue weighted by Crippen LogP contribution is -1.70. The minimum Gasteiger partial charge on any atom is -0.253 e. The Morgan fingerprint density at radius 2 is 2.33 bits per heavy atom. The van der Waals surface area contributed by atoms with E-state index in [0.717, 1.165) is 5.57 Å². The smallest absolute Gasteiger partial charge is 0.139 e. The zero-order valence-electron chi connectivity index (χ0n) is 5.39. The van der Waals surface area contributed by atoms with E-state index in [1.54, 1.807) is 13.0 Å². The van der Waals surface area contributed by atoms with Crippen molar-refractivity contribution in [2.45, 2.75) is 6.92 Å². The van der Waals surface area contributed by atoms with Crippen LogP contribution in [0, 0.1) is 11.3 Å². The molecular formula is C7H8N2. The third-order valence-electron chi connectivity index (χ3n) is 0.668. The highest BCUT2D eigenvalue weighted by atomic mass is 14.7. The van der Waals surface area contributed by atoms with Gasteiger partial charge in [-0.25, -0.2) is 0 Å². The van der Waals surface area contributed by atoms with E-state index in [1.165, 1.54) is 0 Å². The van der Waals surface area contributed by atoms with Gasteiger partial charge in [0.05, 0.1) is 0 Å². The Bertz CT molecular complexity index is 193. The molecule has 0 rings (SSSR count). The normalized spacial score (nSPS) is 10.0. The molecule has 0 radical (unpaired) electrons. The van der Waals surface area contributed by atoms with Crippen LogP contribution in [-0.2, 0) is 0 Å². The van der Waals surface area contributed by atoms with Gasteiger partial charge in [-0.3, -0.25) is 4.99 Å². The summed E-state index contributed by atoms with van der Waals surface area (Å²) in [5.41, 5.74) is 1.11. The summed E-state index contributed by atoms with van der Waals surface area (Å²) in [7, 11) is 0. The summed E-state index contributed by atoms with van der Waals surface area (Å²) in [6.07, 6.45) is 1.58. The van der Waals surface area contributed by atoms with Gasteiger partial charge in [0.1, 0.15) is 11.8 Å². The fraction of sp³-hybridized carbons (Fsp3) is 0.143. The van der Waals surface area contributed by atoms with Crippen molar-refractivity contribution in [1.82, 2.24) is 0 Å². The lowest BCUT2D eigenvalue weighted by molar-refractivity contribution is 1.37. The zero-order chi connectivity index (χ0) is 7.28. The van der Waals surface area contributed by atoms with Crippen molar-refractivity contribution < 1.29 is 0 Å². The van der Waals surface area contributed by atoms with Crippen molar-refractivity contribution in [2.75, 3.05) is 0 Å². The molecule has 0 saturated heterocycles. The monoisotopic (exact) mass is 120 g/mol. The van der Waals surface area contributed by atoms with Gasteiger partial charge in [-0.1, -0.05) is 12.2 Å². The first-order valence-electron chi connectivity index (χ1n) is 2.44. The van der Waals surface area contributed by atoms with Crippen LogP contribution in [0.3, 0.4) is 0 Å². The molecule has 0 aliphatic heterocycles. The molecule has 46 valence electrons. The van der Waals surface area contributed by atoms with Crippen LogP contribution in [0.25, 0.3) is 0 Å². The van der Waals surface area contributed by atoms with E-state index in [9.17, 15) is 0 Å². The molecule has 0 amide bonds. The number of rotatable bonds is 2. The first-order valence-corrected chi connectivity index (χ1v) is 2.44. The SMILES string of the molecule is C=N/C(C#N)=C\C(=C)C. The number of hydrogen-bond acceptors (Lipinski definition) is 2. The number of aliphatic imine (C=N–C) groups is 1. The lowest BCUT2D eigenvalue weighted by atomic mass is 10.3. The summed E-state index contributed by atoms with van der Waals surface area (Å²) in [5.74, 6) is 0. The van der Waals surface area contributed by atoms with Crippen molar-refractivity contribution >= 4 is 6.72 Å². The number of hydrogen-bond donors (Lipinski definition) is 0. The van der Waals surface area contributed by atoms with Gasteiger partial charge < -0.3 is 0 Å². The van der Waals surface area contributed by atoms with Crippen LogP contribution in [0.4, 0.5) is 0 Å². The summed E-state index contributed by atoms with van der Waals surface area (Å²) in [6, 6.07) is 1.85. The van der Waals surface area contributed by atoms with E-state index in [4.69, 9.17) is 5.26 Å². The van der Waals surface area contributed by atoms with E-state index in [1.807, 2.05) is 6.07 Å². The van der Waals surface area contributed by atoms with Crippen LogP contribution < -0.4 is 0 Å². The van der Waals surface area contributed by atoms with Gasteiger partial charge in [-0.15, -0.1) is 0 Å². The summed E-state index contributed by atoms with van der Waals surface area (Å²) in [5, 5.41) is 8.28. The minimum atomic E-state index is 0.308.